The number of nitrogens with one attached hydrogen (secondary N) is 1. The number of para-hydroxylation sites is 1. The first kappa shape index (κ1) is 14.5. The molecule has 0 aliphatic carbocycles. The van der Waals surface area contributed by atoms with Crippen LogP contribution in [-0.4, -0.2) is 10.6 Å². The molecule has 6 heteroatoms. The minimum Gasteiger partial charge on any atom is -0.593 e. The van der Waals surface area contributed by atoms with Crippen LogP contribution in [0.15, 0.2) is 53.4 Å². The van der Waals surface area contributed by atoms with Crippen LogP contribution in [-0.2, 0) is 14.6 Å². The summed E-state index contributed by atoms with van der Waals surface area (Å²) in [6.07, 6.45) is -0.442. The van der Waals surface area contributed by atoms with Gasteiger partial charge in [0.05, 0.1) is 11.1 Å². The molecule has 1 N–H and O–H groups in total. The van der Waals surface area contributed by atoms with Crippen LogP contribution in [0.5, 0.6) is 5.75 Å². The summed E-state index contributed by atoms with van der Waals surface area (Å²) in [6, 6.07) is 13.8. The second-order valence-electron chi connectivity index (χ2n) is 4.93. The molecule has 0 aromatic heterocycles. The number of sulfonamides is 1. The highest BCUT2D eigenvalue weighted by Gasteiger charge is 2.38. The first-order valence-corrected chi connectivity index (χ1v) is 8.37. The van der Waals surface area contributed by atoms with E-state index in [2.05, 4.69) is 4.72 Å². The molecule has 2 aromatic carbocycles. The van der Waals surface area contributed by atoms with Crippen LogP contribution in [0.4, 0.5) is 0 Å². The van der Waals surface area contributed by atoms with Crippen molar-refractivity contribution in [2.75, 3.05) is 0 Å². The Kier molecular flexibility index (Phi) is 3.75. The molecule has 0 radical (unpaired) electrons. The Morgan fingerprint density at radius 1 is 1.19 bits per heavy atom. The molecule has 1 heterocycles. The van der Waals surface area contributed by atoms with Gasteiger partial charge in [0, 0.05) is 0 Å². The molecule has 1 aliphatic rings. The van der Waals surface area contributed by atoms with E-state index in [0.717, 1.165) is 5.56 Å². The highest BCUT2D eigenvalue weighted by atomic mass is 35.5. The summed E-state index contributed by atoms with van der Waals surface area (Å²) >= 11 is 6.13. The fourth-order valence-electron chi connectivity index (χ4n) is 2.41. The molecule has 0 saturated heterocycles. The van der Waals surface area contributed by atoms with Gasteiger partial charge in [-0.15, -0.1) is 4.72 Å². The van der Waals surface area contributed by atoms with Gasteiger partial charge in [0.2, 0.25) is 4.90 Å². The van der Waals surface area contributed by atoms with E-state index in [9.17, 15) is 8.76 Å². The third-order valence-corrected chi connectivity index (χ3v) is 5.27. The number of hydrogen-bond donors (Lipinski definition) is 1. The SMILES string of the molecule is C[C@@H]1N[S+](=O)([O-])c2cccc(Cl)c2O[C@H]1c1ccccc1. The Labute approximate surface area is 129 Å². The summed E-state index contributed by atoms with van der Waals surface area (Å²) in [4.78, 5) is 0.0697. The molecule has 3 atom stereocenters. The van der Waals surface area contributed by atoms with Crippen molar-refractivity contribution >= 4 is 22.0 Å². The second kappa shape index (κ2) is 5.42. The molecule has 0 amide bonds. The Balaban J connectivity index is 2.12. The van der Waals surface area contributed by atoms with Crippen molar-refractivity contribution in [3.05, 3.63) is 59.1 Å². The predicted molar refractivity (Wildman–Crippen MR) is 81.0 cm³/mol. The largest absolute Gasteiger partial charge is 0.593 e. The van der Waals surface area contributed by atoms with Gasteiger partial charge in [-0.2, -0.15) is 0 Å². The van der Waals surface area contributed by atoms with E-state index in [1.807, 2.05) is 30.3 Å². The molecule has 0 fully saturated rings. The molecular formula is C15H14ClNO3S. The van der Waals surface area contributed by atoms with Crippen LogP contribution < -0.4 is 9.46 Å². The normalized spacial score (nSPS) is 28.3. The zero-order valence-corrected chi connectivity index (χ0v) is 12.9. The number of hydrogen-bond acceptors (Lipinski definition) is 3. The first-order chi connectivity index (χ1) is 9.99. The molecular weight excluding hydrogens is 310 g/mol. The Hall–Kier alpha value is -1.40. The van der Waals surface area contributed by atoms with E-state index in [-0.39, 0.29) is 15.7 Å². The van der Waals surface area contributed by atoms with Crippen LogP contribution in [0, 0.1) is 0 Å². The van der Waals surface area contributed by atoms with Crippen molar-refractivity contribution in [3.63, 3.8) is 0 Å². The van der Waals surface area contributed by atoms with Gasteiger partial charge in [-0.25, -0.2) is 0 Å². The zero-order valence-electron chi connectivity index (χ0n) is 11.3. The third kappa shape index (κ3) is 2.70. The third-order valence-electron chi connectivity index (χ3n) is 3.39. The maximum absolute atomic E-state index is 12.4. The predicted octanol–water partition coefficient (Wildman–Crippen LogP) is 3.36. The molecule has 0 bridgehead atoms. The van der Waals surface area contributed by atoms with E-state index in [1.165, 1.54) is 6.07 Å². The lowest BCUT2D eigenvalue weighted by Crippen LogP contribution is -2.39. The van der Waals surface area contributed by atoms with Gasteiger partial charge in [0.15, 0.2) is 16.1 Å². The number of halogens is 1. The van der Waals surface area contributed by atoms with Crippen LogP contribution in [0.2, 0.25) is 5.02 Å². The van der Waals surface area contributed by atoms with E-state index < -0.39 is 22.5 Å². The van der Waals surface area contributed by atoms with E-state index >= 15 is 0 Å². The van der Waals surface area contributed by atoms with E-state index in [1.54, 1.807) is 19.1 Å². The molecule has 21 heavy (non-hydrogen) atoms. The van der Waals surface area contributed by atoms with Gasteiger partial charge >= 0.3 is 0 Å². The summed E-state index contributed by atoms with van der Waals surface area (Å²) in [7, 11) is -3.65. The zero-order chi connectivity index (χ0) is 15.0. The highest BCUT2D eigenvalue weighted by molar-refractivity contribution is 7.96. The quantitative estimate of drug-likeness (QED) is 0.819. The summed E-state index contributed by atoms with van der Waals surface area (Å²) in [5, 5.41) is 0.285. The van der Waals surface area contributed by atoms with Crippen molar-refractivity contribution in [2.24, 2.45) is 0 Å². The van der Waals surface area contributed by atoms with Crippen molar-refractivity contribution in [2.45, 2.75) is 24.0 Å². The maximum atomic E-state index is 12.4. The van der Waals surface area contributed by atoms with Crippen molar-refractivity contribution in [1.82, 2.24) is 4.72 Å². The number of fused-ring (bicyclic) bond motifs is 1. The Morgan fingerprint density at radius 2 is 1.90 bits per heavy atom. The summed E-state index contributed by atoms with van der Waals surface area (Å²) in [5.74, 6) is 0.199. The van der Waals surface area contributed by atoms with Crippen molar-refractivity contribution < 1.29 is 13.5 Å². The van der Waals surface area contributed by atoms with Gasteiger partial charge in [-0.3, -0.25) is 0 Å². The molecule has 4 nitrogen and oxygen atoms in total. The Morgan fingerprint density at radius 3 is 2.62 bits per heavy atom. The average Bonchev–Trinajstić information content (AvgIpc) is 2.55. The summed E-state index contributed by atoms with van der Waals surface area (Å²) < 4.78 is 33.4. The lowest BCUT2D eigenvalue weighted by Gasteiger charge is -2.22. The molecule has 0 saturated carbocycles. The van der Waals surface area contributed by atoms with Crippen molar-refractivity contribution in [1.29, 1.82) is 0 Å². The molecule has 2 aromatic rings. The minimum atomic E-state index is -3.65. The lowest BCUT2D eigenvalue weighted by atomic mass is 10.0. The smallest absolute Gasteiger partial charge is 0.218 e. The first-order valence-electron chi connectivity index (χ1n) is 6.51. The standard InChI is InChI=1S/C15H14ClNO3S/c1-10-14(11-6-3-2-4-7-11)20-15-12(16)8-5-9-13(15)21(18,19)17-10/h2-10,14H,1H3,(H-,17,18,19)/t10-,14+/m0/s1. The second-order valence-corrected chi connectivity index (χ2v) is 7.02. The molecule has 3 rings (SSSR count). The fourth-order valence-corrected chi connectivity index (χ4v) is 4.09. The molecule has 1 aliphatic heterocycles. The molecule has 110 valence electrons. The Bertz CT molecular complexity index is 707. The van der Waals surface area contributed by atoms with Gasteiger partial charge in [0.1, 0.15) is 6.10 Å². The lowest BCUT2D eigenvalue weighted by molar-refractivity contribution is 0.173. The number of benzene rings is 2. The molecule has 0 spiro atoms. The highest BCUT2D eigenvalue weighted by Crippen LogP contribution is 2.40. The number of ether oxygens (including phenoxy) is 1. The minimum absolute atomic E-state index is 0.0697. The van der Waals surface area contributed by atoms with Crippen LogP contribution in [0.3, 0.4) is 0 Å². The van der Waals surface area contributed by atoms with Gasteiger partial charge < -0.3 is 9.29 Å². The topological polar surface area (TPSA) is 61.4 Å². The van der Waals surface area contributed by atoms with Gasteiger partial charge in [-0.05, 0) is 24.6 Å². The van der Waals surface area contributed by atoms with E-state index in [0.29, 0.717) is 0 Å². The average molecular weight is 324 g/mol. The number of rotatable bonds is 1. The summed E-state index contributed by atoms with van der Waals surface area (Å²) in [5.41, 5.74) is 0.889. The maximum Gasteiger partial charge on any atom is 0.218 e. The molecule has 1 unspecified atom stereocenters. The van der Waals surface area contributed by atoms with Gasteiger partial charge in [0.25, 0.3) is 0 Å². The van der Waals surface area contributed by atoms with Crippen molar-refractivity contribution in [3.8, 4) is 5.75 Å². The monoisotopic (exact) mass is 323 g/mol. The van der Waals surface area contributed by atoms with E-state index in [4.69, 9.17) is 16.3 Å². The summed E-state index contributed by atoms with van der Waals surface area (Å²) in [6.45, 7) is 1.77. The van der Waals surface area contributed by atoms with Crippen LogP contribution in [0.1, 0.15) is 18.6 Å². The van der Waals surface area contributed by atoms with Crippen LogP contribution in [0.25, 0.3) is 0 Å². The fraction of sp³-hybridized carbons (Fsp3) is 0.200. The van der Waals surface area contributed by atoms with Gasteiger partial charge in [-0.1, -0.05) is 52.2 Å². The van der Waals surface area contributed by atoms with Crippen LogP contribution >= 0.6 is 11.6 Å².